The molecule has 0 amide bonds. The van der Waals surface area contributed by atoms with Crippen LogP contribution in [0.25, 0.3) is 0 Å². The Labute approximate surface area is 149 Å². The number of halogens is 3. The van der Waals surface area contributed by atoms with Gasteiger partial charge in [0.2, 0.25) is 5.95 Å². The van der Waals surface area contributed by atoms with E-state index in [4.69, 9.17) is 4.74 Å². The molecule has 140 valence electrons. The quantitative estimate of drug-likeness (QED) is 0.877. The molecule has 0 radical (unpaired) electrons. The van der Waals surface area contributed by atoms with E-state index < -0.39 is 11.9 Å². The maximum atomic E-state index is 13.1. The van der Waals surface area contributed by atoms with E-state index in [0.717, 1.165) is 18.1 Å². The molecule has 0 spiro atoms. The molecular weight excluding hydrogens is 347 g/mol. The van der Waals surface area contributed by atoms with Crippen LogP contribution < -0.4 is 10.2 Å². The van der Waals surface area contributed by atoms with Crippen molar-refractivity contribution in [2.24, 2.45) is 5.92 Å². The van der Waals surface area contributed by atoms with E-state index in [0.29, 0.717) is 13.2 Å². The van der Waals surface area contributed by atoms with E-state index in [1.807, 2.05) is 12.1 Å². The van der Waals surface area contributed by atoms with E-state index in [1.165, 1.54) is 4.90 Å². The van der Waals surface area contributed by atoms with Crippen LogP contribution in [0.15, 0.2) is 30.6 Å². The summed E-state index contributed by atoms with van der Waals surface area (Å²) in [4.78, 5) is 13.2. The lowest BCUT2D eigenvalue weighted by Crippen LogP contribution is -2.30. The number of hydrogen-bond acceptors (Lipinski definition) is 6. The molecule has 1 fully saturated rings. The van der Waals surface area contributed by atoms with Gasteiger partial charge in [-0.3, -0.25) is 4.98 Å². The lowest BCUT2D eigenvalue weighted by molar-refractivity contribution is -0.141. The van der Waals surface area contributed by atoms with E-state index in [1.54, 1.807) is 26.5 Å². The van der Waals surface area contributed by atoms with Crippen molar-refractivity contribution in [3.8, 4) is 0 Å². The number of hydrogen-bond donors (Lipinski definition) is 1. The van der Waals surface area contributed by atoms with Crippen LogP contribution in [0.4, 0.5) is 24.9 Å². The standard InChI is InChI=1S/C17H20F3N5O/c1-25(2)16-23-14(17(18,19)20)8-15(24-16)22-13-10-26-9-12(13)7-11-3-5-21-6-4-11/h3-6,8,12-13H,7,9-10H2,1-2H3,(H,22,23,24)/t12-,13-/m1/s1. The van der Waals surface area contributed by atoms with E-state index in [2.05, 4.69) is 20.3 Å². The van der Waals surface area contributed by atoms with E-state index in [-0.39, 0.29) is 23.7 Å². The van der Waals surface area contributed by atoms with Crippen LogP contribution in [-0.2, 0) is 17.3 Å². The first kappa shape index (κ1) is 18.4. The molecule has 2 atom stereocenters. The van der Waals surface area contributed by atoms with Gasteiger partial charge in [0, 0.05) is 38.5 Å². The Morgan fingerprint density at radius 2 is 1.92 bits per heavy atom. The van der Waals surface area contributed by atoms with Gasteiger partial charge < -0.3 is 15.0 Å². The topological polar surface area (TPSA) is 63.2 Å². The van der Waals surface area contributed by atoms with Gasteiger partial charge in [-0.1, -0.05) is 0 Å². The van der Waals surface area contributed by atoms with Gasteiger partial charge in [-0.05, 0) is 24.1 Å². The highest BCUT2D eigenvalue weighted by Gasteiger charge is 2.35. The summed E-state index contributed by atoms with van der Waals surface area (Å²) >= 11 is 0. The Balaban J connectivity index is 1.79. The second kappa shape index (κ2) is 7.45. The number of rotatable bonds is 5. The molecule has 3 heterocycles. The first-order chi connectivity index (χ1) is 12.3. The van der Waals surface area contributed by atoms with E-state index in [9.17, 15) is 13.2 Å². The Bertz CT molecular complexity index is 739. The predicted molar refractivity (Wildman–Crippen MR) is 91.0 cm³/mol. The Morgan fingerprint density at radius 3 is 2.58 bits per heavy atom. The summed E-state index contributed by atoms with van der Waals surface area (Å²) in [5.41, 5.74) is 0.137. The molecule has 0 bridgehead atoms. The Kier molecular flexibility index (Phi) is 5.26. The highest BCUT2D eigenvalue weighted by molar-refractivity contribution is 5.45. The van der Waals surface area contributed by atoms with Gasteiger partial charge in [0.15, 0.2) is 5.69 Å². The van der Waals surface area contributed by atoms with Crippen LogP contribution in [0.1, 0.15) is 11.3 Å². The number of pyridine rings is 1. The van der Waals surface area contributed by atoms with Gasteiger partial charge in [-0.25, -0.2) is 4.98 Å². The number of ether oxygens (including phenoxy) is 1. The monoisotopic (exact) mass is 367 g/mol. The number of aromatic nitrogens is 3. The van der Waals surface area contributed by atoms with Crippen LogP contribution in [0.5, 0.6) is 0 Å². The average molecular weight is 367 g/mol. The minimum atomic E-state index is -4.53. The smallest absolute Gasteiger partial charge is 0.379 e. The molecule has 1 aliphatic rings. The Hall–Kier alpha value is -2.42. The van der Waals surface area contributed by atoms with Gasteiger partial charge in [-0.2, -0.15) is 18.2 Å². The lowest BCUT2D eigenvalue weighted by Gasteiger charge is -2.21. The molecule has 0 saturated carbocycles. The van der Waals surface area contributed by atoms with Crippen molar-refractivity contribution >= 4 is 11.8 Å². The molecule has 3 rings (SSSR count). The molecule has 0 aliphatic carbocycles. The maximum Gasteiger partial charge on any atom is 0.433 e. The highest BCUT2D eigenvalue weighted by Crippen LogP contribution is 2.31. The Morgan fingerprint density at radius 1 is 1.19 bits per heavy atom. The molecule has 2 aromatic rings. The summed E-state index contributed by atoms with van der Waals surface area (Å²) in [7, 11) is 3.20. The second-order valence-electron chi connectivity index (χ2n) is 6.44. The predicted octanol–water partition coefficient (Wildman–Crippen LogP) is 2.63. The van der Waals surface area contributed by atoms with Crippen molar-refractivity contribution in [2.45, 2.75) is 18.6 Å². The second-order valence-corrected chi connectivity index (χ2v) is 6.44. The van der Waals surface area contributed by atoms with Gasteiger partial charge in [-0.15, -0.1) is 0 Å². The summed E-state index contributed by atoms with van der Waals surface area (Å²) in [6, 6.07) is 4.65. The summed E-state index contributed by atoms with van der Waals surface area (Å²) < 4.78 is 44.9. The molecule has 26 heavy (non-hydrogen) atoms. The average Bonchev–Trinajstić information content (AvgIpc) is 3.01. The van der Waals surface area contributed by atoms with Crippen molar-refractivity contribution in [2.75, 3.05) is 37.5 Å². The molecule has 1 aliphatic heterocycles. The lowest BCUT2D eigenvalue weighted by atomic mass is 9.95. The van der Waals surface area contributed by atoms with Crippen LogP contribution in [0.2, 0.25) is 0 Å². The maximum absolute atomic E-state index is 13.1. The molecular formula is C17H20F3N5O. The molecule has 0 aromatic carbocycles. The van der Waals surface area contributed by atoms with E-state index >= 15 is 0 Å². The third-order valence-corrected chi connectivity index (χ3v) is 4.18. The zero-order chi connectivity index (χ0) is 18.7. The largest absolute Gasteiger partial charge is 0.433 e. The van der Waals surface area contributed by atoms with Crippen LogP contribution in [0, 0.1) is 5.92 Å². The molecule has 2 aromatic heterocycles. The van der Waals surface area contributed by atoms with Gasteiger partial charge in [0.05, 0.1) is 19.3 Å². The van der Waals surface area contributed by atoms with Crippen molar-refractivity contribution in [3.05, 3.63) is 41.9 Å². The minimum Gasteiger partial charge on any atom is -0.379 e. The molecule has 0 unspecified atom stereocenters. The number of nitrogens with one attached hydrogen (secondary N) is 1. The summed E-state index contributed by atoms with van der Waals surface area (Å²) in [5, 5.41) is 3.10. The molecule has 9 heteroatoms. The normalized spacial score (nSPS) is 20.2. The van der Waals surface area contributed by atoms with Crippen LogP contribution in [-0.4, -0.2) is 48.3 Å². The van der Waals surface area contributed by atoms with Crippen LogP contribution >= 0.6 is 0 Å². The molecule has 1 saturated heterocycles. The van der Waals surface area contributed by atoms with Crippen molar-refractivity contribution in [3.63, 3.8) is 0 Å². The highest BCUT2D eigenvalue weighted by atomic mass is 19.4. The fourth-order valence-corrected chi connectivity index (χ4v) is 2.82. The molecule has 1 N–H and O–H groups in total. The third kappa shape index (κ3) is 4.40. The first-order valence-electron chi connectivity index (χ1n) is 8.19. The SMILES string of the molecule is CN(C)c1nc(N[C@@H]2COC[C@H]2Cc2ccncc2)cc(C(F)(F)F)n1. The van der Waals surface area contributed by atoms with Crippen molar-refractivity contribution in [1.29, 1.82) is 0 Å². The van der Waals surface area contributed by atoms with Crippen molar-refractivity contribution in [1.82, 2.24) is 15.0 Å². The zero-order valence-electron chi connectivity index (χ0n) is 14.5. The molecule has 6 nitrogen and oxygen atoms in total. The van der Waals surface area contributed by atoms with Gasteiger partial charge in [0.1, 0.15) is 5.82 Å². The number of nitrogens with zero attached hydrogens (tertiary/aromatic N) is 4. The van der Waals surface area contributed by atoms with Gasteiger partial charge >= 0.3 is 6.18 Å². The fourth-order valence-electron chi connectivity index (χ4n) is 2.82. The minimum absolute atomic E-state index is 0.00641. The first-order valence-corrected chi connectivity index (χ1v) is 8.19. The van der Waals surface area contributed by atoms with Crippen molar-refractivity contribution < 1.29 is 17.9 Å². The summed E-state index contributed by atoms with van der Waals surface area (Å²) in [6.07, 6.45) is -0.349. The summed E-state index contributed by atoms with van der Waals surface area (Å²) in [5.74, 6) is 0.280. The third-order valence-electron chi connectivity index (χ3n) is 4.18. The number of alkyl halides is 3. The van der Waals surface area contributed by atoms with Crippen LogP contribution in [0.3, 0.4) is 0 Å². The fraction of sp³-hybridized carbons (Fsp3) is 0.471. The number of anilines is 2. The van der Waals surface area contributed by atoms with Gasteiger partial charge in [0.25, 0.3) is 0 Å². The summed E-state index contributed by atoms with van der Waals surface area (Å²) in [6.45, 7) is 0.955. The zero-order valence-corrected chi connectivity index (χ0v) is 14.5.